The fourth-order valence-corrected chi connectivity index (χ4v) is 8.01. The number of carbonyl (C=O) groups is 1. The molecule has 3 aromatic rings. The van der Waals surface area contributed by atoms with Crippen molar-refractivity contribution in [1.29, 1.82) is 0 Å². The molecule has 0 aliphatic carbocycles. The fraction of sp³-hybridized carbons (Fsp3) is 0.519. The normalized spacial score (nSPS) is 20.4. The van der Waals surface area contributed by atoms with E-state index >= 15 is 0 Å². The van der Waals surface area contributed by atoms with Gasteiger partial charge < -0.3 is 10.7 Å². The number of nitrogens with zero attached hydrogens (tertiary/aromatic N) is 2. The van der Waals surface area contributed by atoms with Crippen LogP contribution in [0.1, 0.15) is 72.7 Å². The number of carbonyl (C=O) groups excluding carboxylic acids is 1. The van der Waals surface area contributed by atoms with E-state index in [4.69, 9.17) is 5.73 Å². The second-order valence-corrected chi connectivity index (χ2v) is 13.4. The minimum Gasteiger partial charge on any atom is -0.366 e. The standard InChI is InChI=1S/C27H36N4O3S2/c1-3-21-6-5-9-30(21)16-22-12-20(17-35-22)19-13-23-25(15-29-26(23)24(14-19)27(28)32)18-7-10-31(11-8-18)36(33,34)4-2/h12-15,17-18,21,29H,3-11,16H2,1-2H3,(H2,28,32). The number of likely N-dealkylation sites (tertiary alicyclic amines) is 1. The first-order chi connectivity index (χ1) is 17.3. The van der Waals surface area contributed by atoms with Gasteiger partial charge in [0.1, 0.15) is 0 Å². The number of amides is 1. The lowest BCUT2D eigenvalue weighted by atomic mass is 9.88. The average molecular weight is 529 g/mol. The quantitative estimate of drug-likeness (QED) is 0.434. The SMILES string of the molecule is CCC1CCCN1Cc1cc(-c2cc(C(N)=O)c3[nH]cc(C4CCN(S(=O)(=O)CC)CC4)c3c2)cs1. The van der Waals surface area contributed by atoms with Gasteiger partial charge in [0.25, 0.3) is 5.91 Å². The maximum Gasteiger partial charge on any atom is 0.250 e. The molecule has 2 fully saturated rings. The Kier molecular flexibility index (Phi) is 7.27. The predicted molar refractivity (Wildman–Crippen MR) is 147 cm³/mol. The Morgan fingerprint density at radius 1 is 1.11 bits per heavy atom. The third kappa shape index (κ3) is 4.86. The highest BCUT2D eigenvalue weighted by molar-refractivity contribution is 7.89. The number of nitrogens with one attached hydrogen (secondary N) is 1. The number of hydrogen-bond donors (Lipinski definition) is 2. The van der Waals surface area contributed by atoms with Gasteiger partial charge in [-0.15, -0.1) is 11.3 Å². The summed E-state index contributed by atoms with van der Waals surface area (Å²) in [5.41, 5.74) is 10.3. The number of thiophene rings is 1. The number of primary amides is 1. The number of nitrogens with two attached hydrogens (primary N) is 1. The number of aromatic nitrogens is 1. The third-order valence-electron chi connectivity index (χ3n) is 8.06. The summed E-state index contributed by atoms with van der Waals surface area (Å²) in [6, 6.07) is 6.99. The number of rotatable bonds is 8. The zero-order chi connectivity index (χ0) is 25.4. The van der Waals surface area contributed by atoms with Crippen LogP contribution < -0.4 is 5.73 Å². The van der Waals surface area contributed by atoms with E-state index < -0.39 is 15.9 Å². The molecule has 0 radical (unpaired) electrons. The molecule has 9 heteroatoms. The monoisotopic (exact) mass is 528 g/mol. The first-order valence-corrected chi connectivity index (χ1v) is 15.5. The molecule has 0 saturated carbocycles. The van der Waals surface area contributed by atoms with Crippen molar-refractivity contribution in [1.82, 2.24) is 14.2 Å². The molecule has 4 heterocycles. The largest absolute Gasteiger partial charge is 0.366 e. The molecule has 3 N–H and O–H groups in total. The van der Waals surface area contributed by atoms with Gasteiger partial charge in [0.05, 0.1) is 16.8 Å². The minimum absolute atomic E-state index is 0.134. The molecule has 2 saturated heterocycles. The zero-order valence-corrected chi connectivity index (χ0v) is 22.8. The fourth-order valence-electron chi connectivity index (χ4n) is 5.96. The molecule has 1 aromatic carbocycles. The van der Waals surface area contributed by atoms with Gasteiger partial charge in [-0.25, -0.2) is 12.7 Å². The zero-order valence-electron chi connectivity index (χ0n) is 21.1. The molecule has 36 heavy (non-hydrogen) atoms. The van der Waals surface area contributed by atoms with Crippen molar-refractivity contribution in [3.8, 4) is 11.1 Å². The Morgan fingerprint density at radius 2 is 1.89 bits per heavy atom. The summed E-state index contributed by atoms with van der Waals surface area (Å²) >= 11 is 1.77. The maximum atomic E-state index is 12.4. The molecule has 0 spiro atoms. The van der Waals surface area contributed by atoms with Crippen LogP contribution in [0.4, 0.5) is 0 Å². The van der Waals surface area contributed by atoms with Gasteiger partial charge in [-0.3, -0.25) is 9.69 Å². The van der Waals surface area contributed by atoms with Crippen molar-refractivity contribution >= 4 is 38.2 Å². The van der Waals surface area contributed by atoms with Crippen molar-refractivity contribution in [2.75, 3.05) is 25.4 Å². The molecule has 0 bridgehead atoms. The van der Waals surface area contributed by atoms with Gasteiger partial charge in [-0.2, -0.15) is 0 Å². The van der Waals surface area contributed by atoms with E-state index in [9.17, 15) is 13.2 Å². The molecule has 2 aromatic heterocycles. The van der Waals surface area contributed by atoms with Gasteiger partial charge >= 0.3 is 0 Å². The summed E-state index contributed by atoms with van der Waals surface area (Å²) in [6.45, 7) is 7.15. The number of aromatic amines is 1. The van der Waals surface area contributed by atoms with E-state index in [2.05, 4.69) is 34.3 Å². The van der Waals surface area contributed by atoms with Crippen LogP contribution in [0.15, 0.2) is 29.8 Å². The molecule has 1 unspecified atom stereocenters. The highest BCUT2D eigenvalue weighted by atomic mass is 32.2. The van der Waals surface area contributed by atoms with E-state index in [1.165, 1.54) is 24.1 Å². The smallest absolute Gasteiger partial charge is 0.250 e. The first kappa shape index (κ1) is 25.4. The van der Waals surface area contributed by atoms with Gasteiger partial charge in [0, 0.05) is 42.1 Å². The molecule has 1 atom stereocenters. The summed E-state index contributed by atoms with van der Waals surface area (Å²) in [5, 5.41) is 3.19. The summed E-state index contributed by atoms with van der Waals surface area (Å²) in [5.74, 6) is -0.0788. The van der Waals surface area contributed by atoms with Crippen molar-refractivity contribution < 1.29 is 13.2 Å². The Hall–Kier alpha value is -2.20. The highest BCUT2D eigenvalue weighted by Crippen LogP contribution is 2.38. The van der Waals surface area contributed by atoms with Gasteiger partial charge in [-0.1, -0.05) is 6.92 Å². The minimum atomic E-state index is -3.17. The lowest BCUT2D eigenvalue weighted by Crippen LogP contribution is -2.38. The van der Waals surface area contributed by atoms with E-state index in [1.54, 1.807) is 22.6 Å². The molecule has 7 nitrogen and oxygen atoms in total. The van der Waals surface area contributed by atoms with Crippen LogP contribution in [-0.2, 0) is 16.6 Å². The molecule has 2 aliphatic rings. The summed E-state index contributed by atoms with van der Waals surface area (Å²) in [7, 11) is -3.17. The van der Waals surface area contributed by atoms with Crippen LogP contribution in [0.25, 0.3) is 22.0 Å². The second kappa shape index (κ2) is 10.3. The van der Waals surface area contributed by atoms with Gasteiger partial charge in [0.2, 0.25) is 10.0 Å². The van der Waals surface area contributed by atoms with E-state index in [-0.39, 0.29) is 11.7 Å². The highest BCUT2D eigenvalue weighted by Gasteiger charge is 2.29. The number of sulfonamides is 1. The Balaban J connectivity index is 1.44. The number of hydrogen-bond acceptors (Lipinski definition) is 5. The molecule has 5 rings (SSSR count). The predicted octanol–water partition coefficient (Wildman–Crippen LogP) is 4.90. The Bertz CT molecular complexity index is 1350. The lowest BCUT2D eigenvalue weighted by molar-refractivity contribution is 0.100. The van der Waals surface area contributed by atoms with Crippen molar-refractivity contribution in [3.05, 3.63) is 45.8 Å². The number of H-pyrrole nitrogens is 1. The Labute approximate surface area is 217 Å². The van der Waals surface area contributed by atoms with Crippen LogP contribution >= 0.6 is 11.3 Å². The third-order valence-corrected chi connectivity index (χ3v) is 10.9. The van der Waals surface area contributed by atoms with Crippen LogP contribution in [-0.4, -0.2) is 59.9 Å². The number of piperidine rings is 1. The molecular weight excluding hydrogens is 492 g/mol. The van der Waals surface area contributed by atoms with Crippen molar-refractivity contribution in [3.63, 3.8) is 0 Å². The van der Waals surface area contributed by atoms with E-state index in [0.717, 1.165) is 53.5 Å². The van der Waals surface area contributed by atoms with Crippen molar-refractivity contribution in [2.24, 2.45) is 5.73 Å². The lowest BCUT2D eigenvalue weighted by Gasteiger charge is -2.31. The molecule has 194 valence electrons. The average Bonchev–Trinajstić information content (AvgIpc) is 3.63. The van der Waals surface area contributed by atoms with Crippen LogP contribution in [0.2, 0.25) is 0 Å². The topological polar surface area (TPSA) is 99.5 Å². The second-order valence-electron chi connectivity index (χ2n) is 10.1. The van der Waals surface area contributed by atoms with Crippen LogP contribution in [0, 0.1) is 0 Å². The van der Waals surface area contributed by atoms with Gasteiger partial charge in [-0.05, 0) is 91.8 Å². The van der Waals surface area contributed by atoms with Crippen LogP contribution in [0.5, 0.6) is 0 Å². The van der Waals surface area contributed by atoms with Crippen LogP contribution in [0.3, 0.4) is 0 Å². The van der Waals surface area contributed by atoms with E-state index in [0.29, 0.717) is 24.7 Å². The summed E-state index contributed by atoms with van der Waals surface area (Å²) in [6.07, 6.45) is 7.25. The maximum absolute atomic E-state index is 12.4. The van der Waals surface area contributed by atoms with E-state index in [1.807, 2.05) is 12.3 Å². The molecular formula is C27H36N4O3S2. The summed E-state index contributed by atoms with van der Waals surface area (Å²) in [4.78, 5) is 19.6. The van der Waals surface area contributed by atoms with Crippen molar-refractivity contribution in [2.45, 2.75) is 64.5 Å². The number of fused-ring (bicyclic) bond motifs is 1. The summed E-state index contributed by atoms with van der Waals surface area (Å²) < 4.78 is 26.2. The molecule has 1 amide bonds. The Morgan fingerprint density at radius 3 is 2.58 bits per heavy atom. The van der Waals surface area contributed by atoms with Gasteiger partial charge in [0.15, 0.2) is 0 Å². The molecule has 2 aliphatic heterocycles. The first-order valence-electron chi connectivity index (χ1n) is 13.0. The number of benzene rings is 1.